The number of likely N-dealkylation sites (tertiary alicyclic amines) is 1. The fraction of sp³-hybridized carbons (Fsp3) is 0.478. The minimum atomic E-state index is 0. The number of halogens is 1. The van der Waals surface area contributed by atoms with E-state index in [9.17, 15) is 0 Å². The summed E-state index contributed by atoms with van der Waals surface area (Å²) in [5, 5.41) is 2.77. The van der Waals surface area contributed by atoms with Gasteiger partial charge in [0.25, 0.3) is 0 Å². The number of aromatic nitrogens is 1. The van der Waals surface area contributed by atoms with Crippen molar-refractivity contribution in [1.29, 1.82) is 0 Å². The quantitative estimate of drug-likeness (QED) is 0.481. The van der Waals surface area contributed by atoms with Crippen LogP contribution in [0, 0.1) is 0 Å². The van der Waals surface area contributed by atoms with E-state index in [1.54, 1.807) is 0 Å². The van der Waals surface area contributed by atoms with Crippen LogP contribution in [-0.4, -0.2) is 28.1 Å². The molecule has 1 fully saturated rings. The van der Waals surface area contributed by atoms with Gasteiger partial charge in [-0.15, -0.1) is 12.4 Å². The molecular formula is C23H31ClN2. The van der Waals surface area contributed by atoms with Crippen molar-refractivity contribution >= 4 is 34.2 Å². The minimum Gasteiger partial charge on any atom is -0.340 e. The summed E-state index contributed by atoms with van der Waals surface area (Å²) in [4.78, 5) is 2.73. The maximum absolute atomic E-state index is 2.73. The summed E-state index contributed by atoms with van der Waals surface area (Å²) in [5.74, 6) is 0. The molecule has 0 amide bonds. The van der Waals surface area contributed by atoms with E-state index >= 15 is 0 Å². The number of aryl methyl sites for hydroxylation is 1. The molecule has 0 N–H and O–H groups in total. The Hall–Kier alpha value is -1.51. The van der Waals surface area contributed by atoms with Gasteiger partial charge >= 0.3 is 0 Å². The van der Waals surface area contributed by atoms with Gasteiger partial charge in [0.1, 0.15) is 0 Å². The molecule has 0 aliphatic carbocycles. The SMILES string of the molecule is CC1CCCC(C)N1CCCCn1c2ccccc2c2ccccc21.Cl. The molecule has 0 radical (unpaired) electrons. The number of hydrogen-bond donors (Lipinski definition) is 0. The molecule has 3 aromatic rings. The first-order valence-corrected chi connectivity index (χ1v) is 9.97. The average Bonchev–Trinajstić information content (AvgIpc) is 2.95. The molecule has 1 aromatic heterocycles. The molecule has 1 aliphatic heterocycles. The molecule has 0 bridgehead atoms. The zero-order valence-corrected chi connectivity index (χ0v) is 16.8. The van der Waals surface area contributed by atoms with Gasteiger partial charge in [0.05, 0.1) is 0 Å². The van der Waals surface area contributed by atoms with Gasteiger partial charge in [0.2, 0.25) is 0 Å². The van der Waals surface area contributed by atoms with Gasteiger partial charge in [-0.3, -0.25) is 4.90 Å². The van der Waals surface area contributed by atoms with Crippen molar-refractivity contribution in [3.63, 3.8) is 0 Å². The lowest BCUT2D eigenvalue weighted by molar-refractivity contribution is 0.101. The van der Waals surface area contributed by atoms with Gasteiger partial charge in [-0.05, 0) is 58.2 Å². The number of benzene rings is 2. The maximum atomic E-state index is 2.73. The fourth-order valence-corrected chi connectivity index (χ4v) is 4.72. The maximum Gasteiger partial charge on any atom is 0.0491 e. The van der Waals surface area contributed by atoms with Crippen molar-refractivity contribution < 1.29 is 0 Å². The molecule has 2 aromatic carbocycles. The van der Waals surface area contributed by atoms with Crippen LogP contribution in [0.3, 0.4) is 0 Å². The third kappa shape index (κ3) is 3.63. The standard InChI is InChI=1S/C23H30N2.ClH/c1-18-10-9-11-19(2)24(18)16-7-8-17-25-22-14-5-3-12-20(22)21-13-4-6-15-23(21)25;/h3-6,12-15,18-19H,7-11,16-17H2,1-2H3;1H. The fourth-order valence-electron chi connectivity index (χ4n) is 4.72. The number of rotatable bonds is 5. The summed E-state index contributed by atoms with van der Waals surface area (Å²) in [7, 11) is 0. The smallest absolute Gasteiger partial charge is 0.0491 e. The number of hydrogen-bond acceptors (Lipinski definition) is 1. The lowest BCUT2D eigenvalue weighted by Crippen LogP contribution is -2.44. The monoisotopic (exact) mass is 370 g/mol. The molecule has 2 nitrogen and oxygen atoms in total. The first-order chi connectivity index (χ1) is 12.3. The molecule has 2 atom stereocenters. The number of nitrogens with zero attached hydrogens (tertiary/aromatic N) is 2. The van der Waals surface area contributed by atoms with Crippen LogP contribution >= 0.6 is 12.4 Å². The third-order valence-electron chi connectivity index (χ3n) is 6.10. The van der Waals surface area contributed by atoms with E-state index in [4.69, 9.17) is 0 Å². The highest BCUT2D eigenvalue weighted by Gasteiger charge is 2.23. The molecule has 2 unspecified atom stereocenters. The molecule has 26 heavy (non-hydrogen) atoms. The third-order valence-corrected chi connectivity index (χ3v) is 6.10. The average molecular weight is 371 g/mol. The first kappa shape index (κ1) is 19.3. The molecule has 1 saturated heterocycles. The highest BCUT2D eigenvalue weighted by Crippen LogP contribution is 2.29. The Bertz CT molecular complexity index is 790. The predicted molar refractivity (Wildman–Crippen MR) is 115 cm³/mol. The molecular weight excluding hydrogens is 340 g/mol. The van der Waals surface area contributed by atoms with Gasteiger partial charge in [-0.25, -0.2) is 0 Å². The molecule has 3 heteroatoms. The summed E-state index contributed by atoms with van der Waals surface area (Å²) in [6, 6.07) is 19.2. The lowest BCUT2D eigenvalue weighted by atomic mass is 9.97. The van der Waals surface area contributed by atoms with Gasteiger partial charge in [-0.2, -0.15) is 0 Å². The van der Waals surface area contributed by atoms with Crippen molar-refractivity contribution in [3.05, 3.63) is 48.5 Å². The Morgan fingerprint density at radius 2 is 1.27 bits per heavy atom. The van der Waals surface area contributed by atoms with E-state index in [-0.39, 0.29) is 12.4 Å². The second kappa shape index (κ2) is 8.45. The van der Waals surface area contributed by atoms with E-state index < -0.39 is 0 Å². The Morgan fingerprint density at radius 3 is 1.85 bits per heavy atom. The van der Waals surface area contributed by atoms with E-state index in [2.05, 4.69) is 71.8 Å². The van der Waals surface area contributed by atoms with Crippen LogP contribution in [0.1, 0.15) is 46.0 Å². The predicted octanol–water partition coefficient (Wildman–Crippen LogP) is 6.26. The topological polar surface area (TPSA) is 8.17 Å². The summed E-state index contributed by atoms with van der Waals surface area (Å²) in [6.45, 7) is 7.18. The Morgan fingerprint density at radius 1 is 0.769 bits per heavy atom. The molecule has 2 heterocycles. The van der Waals surface area contributed by atoms with Gasteiger partial charge in [0.15, 0.2) is 0 Å². The van der Waals surface area contributed by atoms with Crippen LogP contribution in [0.4, 0.5) is 0 Å². The largest absolute Gasteiger partial charge is 0.340 e. The van der Waals surface area contributed by atoms with E-state index in [1.807, 2.05) is 0 Å². The van der Waals surface area contributed by atoms with E-state index in [0.29, 0.717) is 0 Å². The second-order valence-corrected chi connectivity index (χ2v) is 7.76. The number of unbranched alkanes of at least 4 members (excludes halogenated alkanes) is 1. The summed E-state index contributed by atoms with van der Waals surface area (Å²) in [6.07, 6.45) is 6.68. The lowest BCUT2D eigenvalue weighted by Gasteiger charge is -2.39. The van der Waals surface area contributed by atoms with Crippen LogP contribution < -0.4 is 0 Å². The highest BCUT2D eigenvalue weighted by atomic mass is 35.5. The van der Waals surface area contributed by atoms with Crippen LogP contribution in [0.25, 0.3) is 21.8 Å². The van der Waals surface area contributed by atoms with Gasteiger partial charge < -0.3 is 4.57 Å². The molecule has 140 valence electrons. The Labute approximate surface area is 163 Å². The summed E-state index contributed by atoms with van der Waals surface area (Å²) >= 11 is 0. The normalized spacial score (nSPS) is 21.2. The van der Waals surface area contributed by atoms with Crippen molar-refractivity contribution in [1.82, 2.24) is 9.47 Å². The highest BCUT2D eigenvalue weighted by molar-refractivity contribution is 6.07. The number of fused-ring (bicyclic) bond motifs is 3. The van der Waals surface area contributed by atoms with Crippen LogP contribution in [0.5, 0.6) is 0 Å². The van der Waals surface area contributed by atoms with Gasteiger partial charge in [0, 0.05) is 40.4 Å². The first-order valence-electron chi connectivity index (χ1n) is 9.97. The van der Waals surface area contributed by atoms with Crippen LogP contribution in [0.15, 0.2) is 48.5 Å². The Kier molecular flexibility index (Phi) is 6.26. The zero-order chi connectivity index (χ0) is 17.2. The van der Waals surface area contributed by atoms with Crippen molar-refractivity contribution in [2.75, 3.05) is 6.54 Å². The second-order valence-electron chi connectivity index (χ2n) is 7.76. The van der Waals surface area contributed by atoms with E-state index in [1.165, 1.54) is 60.5 Å². The van der Waals surface area contributed by atoms with Crippen molar-refractivity contribution in [2.45, 2.75) is 64.6 Å². The molecule has 4 rings (SSSR count). The van der Waals surface area contributed by atoms with Crippen LogP contribution in [-0.2, 0) is 6.54 Å². The minimum absolute atomic E-state index is 0. The molecule has 0 spiro atoms. The molecule has 1 aliphatic rings. The van der Waals surface area contributed by atoms with Gasteiger partial charge in [-0.1, -0.05) is 42.8 Å². The Balaban J connectivity index is 0.00000196. The summed E-state index contributed by atoms with van der Waals surface area (Å²) in [5.41, 5.74) is 2.76. The number of para-hydroxylation sites is 2. The summed E-state index contributed by atoms with van der Waals surface area (Å²) < 4.78 is 2.52. The zero-order valence-electron chi connectivity index (χ0n) is 16.0. The molecule has 0 saturated carbocycles. The van der Waals surface area contributed by atoms with Crippen molar-refractivity contribution in [3.8, 4) is 0 Å². The van der Waals surface area contributed by atoms with Crippen LogP contribution in [0.2, 0.25) is 0 Å². The van der Waals surface area contributed by atoms with Crippen molar-refractivity contribution in [2.24, 2.45) is 0 Å². The number of piperidine rings is 1. The van der Waals surface area contributed by atoms with E-state index in [0.717, 1.165) is 18.6 Å².